The molecule has 2 aromatic rings. The predicted octanol–water partition coefficient (Wildman–Crippen LogP) is 7.45. The van der Waals surface area contributed by atoms with Crippen molar-refractivity contribution in [1.29, 1.82) is 5.26 Å². The van der Waals surface area contributed by atoms with Gasteiger partial charge >= 0.3 is 18.2 Å². The van der Waals surface area contributed by atoms with Crippen molar-refractivity contribution in [3.05, 3.63) is 70.4 Å². The van der Waals surface area contributed by atoms with Crippen LogP contribution in [-0.4, -0.2) is 44.7 Å². The summed E-state index contributed by atoms with van der Waals surface area (Å²) in [5, 5.41) is 12.2. The van der Waals surface area contributed by atoms with Crippen molar-refractivity contribution in [2.75, 3.05) is 17.7 Å². The second kappa shape index (κ2) is 11.7. The van der Waals surface area contributed by atoms with Gasteiger partial charge in [0.15, 0.2) is 5.78 Å². The molecule has 4 rings (SSSR count). The SMILES string of the molecule is CC(C)(C)CCNC(=O)N1C(=O)N(c2cccc(C(F)(F)F)c2)C2=C(C(=O)CCC2)[C@H]1c1ccc(C#N)cc1S(C)(O)O. The maximum atomic E-state index is 14.3. The molecule has 1 aliphatic heterocycles. The minimum atomic E-state index is -4.71. The van der Waals surface area contributed by atoms with Gasteiger partial charge in [-0.2, -0.15) is 29.0 Å². The van der Waals surface area contributed by atoms with Gasteiger partial charge in [-0.25, -0.2) is 14.5 Å². The molecule has 1 atom stereocenters. The molecule has 0 saturated heterocycles. The number of ketones is 1. The summed E-state index contributed by atoms with van der Waals surface area (Å²) < 4.78 is 62.5. The molecule has 4 amide bonds. The first-order chi connectivity index (χ1) is 19.9. The van der Waals surface area contributed by atoms with Crippen LogP contribution in [0.15, 0.2) is 58.6 Å². The summed E-state index contributed by atoms with van der Waals surface area (Å²) in [6.45, 7) is 6.01. The highest BCUT2D eigenvalue weighted by Gasteiger charge is 2.48. The predicted molar refractivity (Wildman–Crippen MR) is 155 cm³/mol. The molecule has 0 unspecified atom stereocenters. The Balaban J connectivity index is 1.99. The zero-order chi connectivity index (χ0) is 31.9. The summed E-state index contributed by atoms with van der Waals surface area (Å²) in [4.78, 5) is 43.3. The first-order valence-electron chi connectivity index (χ1n) is 13.6. The average molecular weight is 619 g/mol. The summed E-state index contributed by atoms with van der Waals surface area (Å²) in [6, 6.07) is 6.62. The number of halogens is 3. The maximum Gasteiger partial charge on any atom is 0.416 e. The summed E-state index contributed by atoms with van der Waals surface area (Å²) in [5.41, 5.74) is -1.12. The van der Waals surface area contributed by atoms with Crippen molar-refractivity contribution >= 4 is 34.1 Å². The van der Waals surface area contributed by atoms with Gasteiger partial charge in [0, 0.05) is 36.1 Å². The molecular weight excluding hydrogens is 585 g/mol. The number of urea groups is 2. The van der Waals surface area contributed by atoms with E-state index in [4.69, 9.17) is 0 Å². The third kappa shape index (κ3) is 6.71. The number of hydrogen-bond donors (Lipinski definition) is 3. The highest BCUT2D eigenvalue weighted by molar-refractivity contribution is 8.23. The standard InChI is InChI=1S/C30H33F3N4O5S/c1-29(2,3)13-14-35-27(39)37-26(21-12-11-18(17-34)15-24(21)43(4,41)42)25-22(9-6-10-23(25)38)36(28(37)40)20-8-5-7-19(16-20)30(31,32)33/h5,7-8,11-12,15-16,26,41-42H,6,9-10,13-14H2,1-4H3,(H,35,39)/t26-/m1/s1. The Morgan fingerprint density at radius 1 is 1.12 bits per heavy atom. The summed E-state index contributed by atoms with van der Waals surface area (Å²) in [6.07, 6.45) is -2.56. The van der Waals surface area contributed by atoms with Gasteiger partial charge in [-0.3, -0.25) is 18.8 Å². The summed E-state index contributed by atoms with van der Waals surface area (Å²) in [5.74, 6) is -0.439. The molecule has 230 valence electrons. The molecule has 13 heteroatoms. The van der Waals surface area contributed by atoms with E-state index in [2.05, 4.69) is 5.32 Å². The number of benzene rings is 2. The number of nitriles is 1. The molecule has 0 aromatic heterocycles. The molecule has 1 heterocycles. The summed E-state index contributed by atoms with van der Waals surface area (Å²) >= 11 is 0. The van der Waals surface area contributed by atoms with Gasteiger partial charge in [0.2, 0.25) is 0 Å². The lowest BCUT2D eigenvalue weighted by atomic mass is 9.83. The van der Waals surface area contributed by atoms with Crippen LogP contribution in [0.5, 0.6) is 0 Å². The van der Waals surface area contributed by atoms with E-state index >= 15 is 0 Å². The molecule has 0 radical (unpaired) electrons. The smallest absolute Gasteiger partial charge is 0.338 e. The molecule has 0 bridgehead atoms. The van der Waals surface area contributed by atoms with Gasteiger partial charge < -0.3 is 5.32 Å². The van der Waals surface area contributed by atoms with Crippen molar-refractivity contribution in [1.82, 2.24) is 10.2 Å². The number of alkyl halides is 3. The zero-order valence-corrected chi connectivity index (χ0v) is 25.0. The molecule has 0 fully saturated rings. The number of Topliss-reactive ketones (excluding diaryl/α,β-unsaturated/α-hetero) is 1. The van der Waals surface area contributed by atoms with E-state index < -0.39 is 46.2 Å². The van der Waals surface area contributed by atoms with E-state index in [1.807, 2.05) is 26.8 Å². The van der Waals surface area contributed by atoms with Crippen LogP contribution in [0, 0.1) is 16.7 Å². The van der Waals surface area contributed by atoms with Crippen LogP contribution >= 0.6 is 10.6 Å². The van der Waals surface area contributed by atoms with Crippen LogP contribution in [0.1, 0.15) is 69.2 Å². The largest absolute Gasteiger partial charge is 0.416 e. The second-order valence-corrected chi connectivity index (χ2v) is 13.9. The Morgan fingerprint density at radius 3 is 2.42 bits per heavy atom. The van der Waals surface area contributed by atoms with Crippen LogP contribution in [0.25, 0.3) is 0 Å². The maximum absolute atomic E-state index is 14.3. The number of hydrogen-bond acceptors (Lipinski definition) is 6. The van der Waals surface area contributed by atoms with E-state index in [1.54, 1.807) is 0 Å². The first kappa shape index (κ1) is 32.1. The van der Waals surface area contributed by atoms with Gasteiger partial charge in [-0.05, 0) is 55.0 Å². The third-order valence-corrected chi connectivity index (χ3v) is 8.47. The van der Waals surface area contributed by atoms with E-state index in [0.29, 0.717) is 12.8 Å². The van der Waals surface area contributed by atoms with Crippen LogP contribution < -0.4 is 10.2 Å². The van der Waals surface area contributed by atoms with Crippen molar-refractivity contribution < 1.29 is 36.7 Å². The molecule has 2 aromatic carbocycles. The molecule has 2 aliphatic rings. The number of anilines is 1. The quantitative estimate of drug-likeness (QED) is 0.319. The topological polar surface area (TPSA) is 134 Å². The first-order valence-corrected chi connectivity index (χ1v) is 15.5. The molecule has 3 N–H and O–H groups in total. The fourth-order valence-electron chi connectivity index (χ4n) is 5.23. The Kier molecular flexibility index (Phi) is 8.70. The highest BCUT2D eigenvalue weighted by Crippen LogP contribution is 2.52. The number of carbonyl (C=O) groups excluding carboxylic acids is 3. The molecular formula is C30H33F3N4O5S. The molecule has 9 nitrogen and oxygen atoms in total. The van der Waals surface area contributed by atoms with E-state index in [-0.39, 0.29) is 57.8 Å². The molecule has 0 saturated carbocycles. The number of nitrogens with one attached hydrogen (secondary N) is 1. The van der Waals surface area contributed by atoms with Crippen LogP contribution in [0.2, 0.25) is 0 Å². The van der Waals surface area contributed by atoms with Crippen LogP contribution in [-0.2, 0) is 11.0 Å². The molecule has 1 aliphatic carbocycles. The minimum absolute atomic E-state index is 0.0103. The lowest BCUT2D eigenvalue weighted by molar-refractivity contribution is -0.137. The van der Waals surface area contributed by atoms with E-state index in [1.165, 1.54) is 24.3 Å². The van der Waals surface area contributed by atoms with Crippen LogP contribution in [0.3, 0.4) is 0 Å². The average Bonchev–Trinajstić information content (AvgIpc) is 2.90. The zero-order valence-electron chi connectivity index (χ0n) is 24.2. The lowest BCUT2D eigenvalue weighted by Gasteiger charge is -2.45. The van der Waals surface area contributed by atoms with Crippen molar-refractivity contribution in [2.24, 2.45) is 5.41 Å². The molecule has 43 heavy (non-hydrogen) atoms. The Morgan fingerprint density at radius 2 is 1.81 bits per heavy atom. The molecule has 0 spiro atoms. The fraction of sp³-hybridized carbons (Fsp3) is 0.400. The van der Waals surface area contributed by atoms with Crippen molar-refractivity contribution in [2.45, 2.75) is 63.6 Å². The normalized spacial score (nSPS) is 18.4. The van der Waals surface area contributed by atoms with Crippen molar-refractivity contribution in [3.63, 3.8) is 0 Å². The lowest BCUT2D eigenvalue weighted by Crippen LogP contribution is -2.57. The number of allylic oxidation sites excluding steroid dienone is 1. The highest BCUT2D eigenvalue weighted by atomic mass is 32.3. The van der Waals surface area contributed by atoms with Gasteiger partial charge in [0.1, 0.15) is 6.04 Å². The number of nitrogens with zero attached hydrogens (tertiary/aromatic N) is 3. The van der Waals surface area contributed by atoms with Crippen LogP contribution in [0.4, 0.5) is 28.4 Å². The Hall–Kier alpha value is -3.86. The van der Waals surface area contributed by atoms with Gasteiger partial charge in [0.05, 0.1) is 27.8 Å². The fourth-order valence-corrected chi connectivity index (χ4v) is 6.21. The number of carbonyl (C=O) groups is 3. The van der Waals surface area contributed by atoms with Crippen molar-refractivity contribution in [3.8, 4) is 6.07 Å². The minimum Gasteiger partial charge on any atom is -0.338 e. The van der Waals surface area contributed by atoms with Gasteiger partial charge in [0.25, 0.3) is 0 Å². The van der Waals surface area contributed by atoms with E-state index in [9.17, 15) is 41.9 Å². The summed E-state index contributed by atoms with van der Waals surface area (Å²) in [7, 11) is -3.55. The second-order valence-electron chi connectivity index (χ2n) is 11.8. The Bertz CT molecular complexity index is 1540. The van der Waals surface area contributed by atoms with Gasteiger partial charge in [-0.15, -0.1) is 0 Å². The van der Waals surface area contributed by atoms with Gasteiger partial charge in [-0.1, -0.05) is 32.9 Å². The van der Waals surface area contributed by atoms with E-state index in [0.717, 1.165) is 34.3 Å². The monoisotopic (exact) mass is 618 g/mol. The number of imide groups is 1. The third-order valence-electron chi connectivity index (χ3n) is 7.28. The number of rotatable bonds is 5. The number of amides is 4. The Labute approximate surface area is 249 Å².